The fourth-order valence-electron chi connectivity index (χ4n) is 4.61. The summed E-state index contributed by atoms with van der Waals surface area (Å²) >= 11 is 0. The monoisotopic (exact) mass is 496 g/mol. The molecule has 2 heterocycles. The summed E-state index contributed by atoms with van der Waals surface area (Å²) in [6.07, 6.45) is -0.102. The second kappa shape index (κ2) is 10.3. The molecular weight excluding hydrogens is 468 g/mol. The van der Waals surface area contributed by atoms with Gasteiger partial charge in [0.15, 0.2) is 11.4 Å². The molecule has 3 aromatic carbocycles. The Morgan fingerprint density at radius 1 is 0.892 bits per heavy atom. The number of aromatic nitrogens is 1. The zero-order valence-electron chi connectivity index (χ0n) is 20.4. The van der Waals surface area contributed by atoms with Gasteiger partial charge in [0.2, 0.25) is 5.43 Å². The summed E-state index contributed by atoms with van der Waals surface area (Å²) in [5.74, 6) is -0.512. The van der Waals surface area contributed by atoms with Crippen LogP contribution in [-0.4, -0.2) is 34.3 Å². The van der Waals surface area contributed by atoms with Gasteiger partial charge in [0.25, 0.3) is 5.91 Å². The van der Waals surface area contributed by atoms with Crippen LogP contribution in [0.3, 0.4) is 0 Å². The van der Waals surface area contributed by atoms with E-state index < -0.39 is 11.7 Å². The van der Waals surface area contributed by atoms with Gasteiger partial charge in [-0.05, 0) is 16.7 Å². The maximum atomic E-state index is 13.5. The first-order valence-electron chi connectivity index (χ1n) is 12.0. The Labute approximate surface area is 214 Å². The van der Waals surface area contributed by atoms with E-state index in [0.29, 0.717) is 0 Å². The predicted octanol–water partition coefficient (Wildman–Crippen LogP) is 3.15. The van der Waals surface area contributed by atoms with Gasteiger partial charge in [-0.25, -0.2) is 0 Å². The number of pyridine rings is 1. The molecule has 8 nitrogen and oxygen atoms in total. The number of carbonyl (C=O) groups is 1. The molecule has 188 valence electrons. The van der Waals surface area contributed by atoms with Crippen LogP contribution in [0, 0.1) is 0 Å². The number of aliphatic hydroxyl groups excluding tert-OH is 1. The minimum absolute atomic E-state index is 0.0611. The third-order valence-corrected chi connectivity index (χ3v) is 6.43. The summed E-state index contributed by atoms with van der Waals surface area (Å²) in [5, 5.41) is 12.2. The van der Waals surface area contributed by atoms with E-state index in [1.807, 2.05) is 96.0 Å². The van der Waals surface area contributed by atoms with Gasteiger partial charge in [0, 0.05) is 13.2 Å². The Morgan fingerprint density at radius 3 is 1.97 bits per heavy atom. The molecule has 0 aliphatic carbocycles. The van der Waals surface area contributed by atoms with E-state index >= 15 is 0 Å². The summed E-state index contributed by atoms with van der Waals surface area (Å²) in [5.41, 5.74) is 8.02. The van der Waals surface area contributed by atoms with Crippen LogP contribution in [0.4, 0.5) is 0 Å². The molecule has 5 rings (SSSR count). The third kappa shape index (κ3) is 4.72. The molecule has 1 aliphatic heterocycles. The highest BCUT2D eigenvalue weighted by Gasteiger charge is 2.37. The van der Waals surface area contributed by atoms with Crippen molar-refractivity contribution in [2.45, 2.75) is 18.9 Å². The summed E-state index contributed by atoms with van der Waals surface area (Å²) in [7, 11) is 1.68. The van der Waals surface area contributed by atoms with Gasteiger partial charge in [-0.15, -0.1) is 0 Å². The number of rotatable bonds is 7. The molecule has 0 saturated heterocycles. The van der Waals surface area contributed by atoms with Crippen molar-refractivity contribution < 1.29 is 14.6 Å². The zero-order chi connectivity index (χ0) is 25.9. The molecule has 3 N–H and O–H groups in total. The molecule has 4 aromatic rings. The Hall–Kier alpha value is -4.40. The molecule has 0 bridgehead atoms. The maximum Gasteiger partial charge on any atom is 0.277 e. The highest BCUT2D eigenvalue weighted by molar-refractivity contribution is 5.96. The number of hydrogen-bond donors (Lipinski definition) is 2. The first-order chi connectivity index (χ1) is 18.0. The first kappa shape index (κ1) is 24.3. The highest BCUT2D eigenvalue weighted by Crippen LogP contribution is 2.32. The van der Waals surface area contributed by atoms with Crippen molar-refractivity contribution in [3.8, 4) is 5.75 Å². The topological polar surface area (TPSA) is 101 Å². The van der Waals surface area contributed by atoms with Crippen molar-refractivity contribution in [3.63, 3.8) is 0 Å². The number of aliphatic hydroxyl groups is 1. The Morgan fingerprint density at radius 2 is 1.43 bits per heavy atom. The van der Waals surface area contributed by atoms with E-state index in [-0.39, 0.29) is 42.2 Å². The van der Waals surface area contributed by atoms with Crippen LogP contribution in [0.2, 0.25) is 0 Å². The predicted molar refractivity (Wildman–Crippen MR) is 141 cm³/mol. The standard InChI is InChI=1S/C29H28N4O4/c1-31-19-33(24(21-13-7-3-8-14-21)22-15-9-4-10-16-22)32-17-23(28(30)35)26(34)27(25(32)29(31)36)37-18-20-11-5-2-6-12-20/h2-17,24,28,35H,18-19,30H2,1H3. The highest BCUT2D eigenvalue weighted by atomic mass is 16.5. The molecule has 0 spiro atoms. The molecule has 37 heavy (non-hydrogen) atoms. The lowest BCUT2D eigenvalue weighted by molar-refractivity contribution is 0.0721. The summed E-state index contributed by atoms with van der Waals surface area (Å²) < 4.78 is 7.61. The molecule has 0 saturated carbocycles. The minimum Gasteiger partial charge on any atom is -0.482 e. The van der Waals surface area contributed by atoms with Crippen LogP contribution in [0.1, 0.15) is 45.0 Å². The number of fused-ring (bicyclic) bond motifs is 1. The summed E-state index contributed by atoms with van der Waals surface area (Å²) in [4.78, 5) is 28.4. The molecule has 1 unspecified atom stereocenters. The van der Waals surface area contributed by atoms with Gasteiger partial charge in [-0.2, -0.15) is 0 Å². The lowest BCUT2D eigenvalue weighted by Crippen LogP contribution is -2.54. The van der Waals surface area contributed by atoms with Gasteiger partial charge in [-0.1, -0.05) is 91.0 Å². The Bertz CT molecular complexity index is 1400. The van der Waals surface area contributed by atoms with Crippen molar-refractivity contribution in [3.05, 3.63) is 135 Å². The maximum absolute atomic E-state index is 13.5. The second-order valence-corrected chi connectivity index (χ2v) is 8.96. The molecule has 1 atom stereocenters. The normalized spacial score (nSPS) is 14.0. The van der Waals surface area contributed by atoms with Gasteiger partial charge >= 0.3 is 0 Å². The van der Waals surface area contributed by atoms with Crippen molar-refractivity contribution in [2.24, 2.45) is 5.73 Å². The van der Waals surface area contributed by atoms with E-state index in [2.05, 4.69) is 0 Å². The smallest absolute Gasteiger partial charge is 0.277 e. The van der Waals surface area contributed by atoms with Crippen LogP contribution in [-0.2, 0) is 6.61 Å². The van der Waals surface area contributed by atoms with Crippen molar-refractivity contribution in [2.75, 3.05) is 18.7 Å². The fraction of sp³-hybridized carbons (Fsp3) is 0.172. The van der Waals surface area contributed by atoms with E-state index in [1.165, 1.54) is 6.20 Å². The van der Waals surface area contributed by atoms with E-state index in [1.54, 1.807) is 16.6 Å². The van der Waals surface area contributed by atoms with Crippen LogP contribution in [0.5, 0.6) is 5.75 Å². The Balaban J connectivity index is 1.71. The lowest BCUT2D eigenvalue weighted by atomic mass is 9.98. The number of benzene rings is 3. The molecule has 1 aliphatic rings. The minimum atomic E-state index is -1.55. The van der Waals surface area contributed by atoms with Crippen molar-refractivity contribution in [1.82, 2.24) is 9.58 Å². The molecule has 0 radical (unpaired) electrons. The number of carbonyl (C=O) groups excluding carboxylic acids is 1. The molecular formula is C29H28N4O4. The number of nitrogens with zero attached hydrogens (tertiary/aromatic N) is 3. The van der Waals surface area contributed by atoms with Crippen molar-refractivity contribution in [1.29, 1.82) is 0 Å². The number of amides is 1. The SMILES string of the molecule is CN1CN(C(c2ccccc2)c2ccccc2)n2cc(C(N)O)c(=O)c(OCc3ccccc3)c2C1=O. The fourth-order valence-corrected chi connectivity index (χ4v) is 4.61. The summed E-state index contributed by atoms with van der Waals surface area (Å²) in [6.45, 7) is 0.298. The molecule has 8 heteroatoms. The van der Waals surface area contributed by atoms with E-state index in [4.69, 9.17) is 10.5 Å². The van der Waals surface area contributed by atoms with Crippen LogP contribution in [0.15, 0.2) is 102 Å². The average Bonchev–Trinajstić information content (AvgIpc) is 2.92. The van der Waals surface area contributed by atoms with Gasteiger partial charge < -0.3 is 20.5 Å². The van der Waals surface area contributed by atoms with Crippen molar-refractivity contribution >= 4 is 5.91 Å². The third-order valence-electron chi connectivity index (χ3n) is 6.43. The quantitative estimate of drug-likeness (QED) is 0.381. The largest absolute Gasteiger partial charge is 0.482 e. The van der Waals surface area contributed by atoms with E-state index in [9.17, 15) is 14.7 Å². The van der Waals surface area contributed by atoms with Crippen LogP contribution < -0.4 is 20.9 Å². The number of nitrogens with two attached hydrogens (primary N) is 1. The first-order valence-corrected chi connectivity index (χ1v) is 12.0. The van der Waals surface area contributed by atoms with Gasteiger partial charge in [-0.3, -0.25) is 19.3 Å². The molecule has 1 aromatic heterocycles. The van der Waals surface area contributed by atoms with Crippen LogP contribution in [0.25, 0.3) is 0 Å². The summed E-state index contributed by atoms with van der Waals surface area (Å²) in [6, 6.07) is 28.8. The van der Waals surface area contributed by atoms with E-state index in [0.717, 1.165) is 16.7 Å². The Kier molecular flexibility index (Phi) is 6.76. The molecule has 1 amide bonds. The van der Waals surface area contributed by atoms with Crippen LogP contribution >= 0.6 is 0 Å². The average molecular weight is 497 g/mol. The lowest BCUT2D eigenvalue weighted by Gasteiger charge is -2.43. The number of hydrogen-bond acceptors (Lipinski definition) is 6. The van der Waals surface area contributed by atoms with Gasteiger partial charge in [0.1, 0.15) is 19.5 Å². The second-order valence-electron chi connectivity index (χ2n) is 8.96. The zero-order valence-corrected chi connectivity index (χ0v) is 20.4. The number of ether oxygens (including phenoxy) is 1. The molecule has 0 fully saturated rings. The van der Waals surface area contributed by atoms with Gasteiger partial charge in [0.05, 0.1) is 11.6 Å².